The van der Waals surface area contributed by atoms with Crippen molar-refractivity contribution in [3.8, 4) is 11.1 Å². The van der Waals surface area contributed by atoms with E-state index in [0.29, 0.717) is 6.42 Å². The highest BCUT2D eigenvalue weighted by Crippen LogP contribution is 2.44. The lowest BCUT2D eigenvalue weighted by atomic mass is 9.98. The molecule has 0 aliphatic heterocycles. The van der Waals surface area contributed by atoms with E-state index in [-0.39, 0.29) is 24.9 Å². The zero-order chi connectivity index (χ0) is 24.0. The molecule has 1 aliphatic rings. The van der Waals surface area contributed by atoms with Crippen molar-refractivity contribution in [3.05, 3.63) is 59.7 Å². The van der Waals surface area contributed by atoms with Crippen LogP contribution in [-0.4, -0.2) is 41.8 Å². The lowest BCUT2D eigenvalue weighted by molar-refractivity contribution is -0.137. The molecule has 2 aromatic carbocycles. The summed E-state index contributed by atoms with van der Waals surface area (Å²) in [6, 6.07) is 14.8. The second kappa shape index (κ2) is 11.0. The minimum atomic E-state index is -0.973. The standard InChI is InChI=1S/C26H32N2O5/c1-4-9-17(14-23(29)30)27-25(31)24(16(2)3)28-26(32)33-15-22-20-12-7-5-10-18(20)19-11-6-8-13-21(19)22/h5-8,10-13,16-17,22,24H,4,9,14-15H2,1-3H3,(H,27,31)(H,28,32)(H,29,30). The molecule has 7 heteroatoms. The highest BCUT2D eigenvalue weighted by Gasteiger charge is 2.31. The highest BCUT2D eigenvalue weighted by atomic mass is 16.5. The topological polar surface area (TPSA) is 105 Å². The fraction of sp³-hybridized carbons (Fsp3) is 0.423. The first-order valence-electron chi connectivity index (χ1n) is 11.5. The van der Waals surface area contributed by atoms with Crippen LogP contribution < -0.4 is 10.6 Å². The van der Waals surface area contributed by atoms with Gasteiger partial charge in [0.2, 0.25) is 5.91 Å². The van der Waals surface area contributed by atoms with Gasteiger partial charge in [-0.3, -0.25) is 9.59 Å². The SMILES string of the molecule is CCCC(CC(=O)O)NC(=O)C(NC(=O)OCC1c2ccccc2-c2ccccc21)C(C)C. The highest BCUT2D eigenvalue weighted by molar-refractivity contribution is 5.86. The van der Waals surface area contributed by atoms with E-state index in [1.54, 1.807) is 0 Å². The van der Waals surface area contributed by atoms with Gasteiger partial charge in [0.05, 0.1) is 6.42 Å². The molecule has 0 saturated carbocycles. The van der Waals surface area contributed by atoms with E-state index in [4.69, 9.17) is 9.84 Å². The second-order valence-corrected chi connectivity index (χ2v) is 8.78. The van der Waals surface area contributed by atoms with Gasteiger partial charge in [0.15, 0.2) is 0 Å². The Balaban J connectivity index is 1.64. The van der Waals surface area contributed by atoms with Crippen LogP contribution in [0.5, 0.6) is 0 Å². The smallest absolute Gasteiger partial charge is 0.407 e. The van der Waals surface area contributed by atoms with E-state index in [1.807, 2.05) is 57.2 Å². The third kappa shape index (κ3) is 5.92. The first-order chi connectivity index (χ1) is 15.8. The lowest BCUT2D eigenvalue weighted by Gasteiger charge is -2.25. The van der Waals surface area contributed by atoms with Crippen LogP contribution in [0.2, 0.25) is 0 Å². The zero-order valence-electron chi connectivity index (χ0n) is 19.3. The Morgan fingerprint density at radius 3 is 2.06 bits per heavy atom. The molecule has 0 fully saturated rings. The number of carbonyl (C=O) groups excluding carboxylic acids is 2. The van der Waals surface area contributed by atoms with Crippen molar-refractivity contribution in [2.45, 2.75) is 58.0 Å². The Bertz CT molecular complexity index is 958. The first kappa shape index (κ1) is 24.3. The Morgan fingerprint density at radius 1 is 0.970 bits per heavy atom. The van der Waals surface area contributed by atoms with Crippen LogP contribution in [0, 0.1) is 5.92 Å². The number of carbonyl (C=O) groups is 3. The molecular formula is C26H32N2O5. The molecule has 0 aromatic heterocycles. The summed E-state index contributed by atoms with van der Waals surface area (Å²) in [5.74, 6) is -1.64. The minimum absolute atomic E-state index is 0.0704. The summed E-state index contributed by atoms with van der Waals surface area (Å²) in [5.41, 5.74) is 4.50. The van der Waals surface area contributed by atoms with Crippen LogP contribution in [-0.2, 0) is 14.3 Å². The number of rotatable bonds is 10. The van der Waals surface area contributed by atoms with Gasteiger partial charge in [-0.1, -0.05) is 75.7 Å². The molecular weight excluding hydrogens is 420 g/mol. The van der Waals surface area contributed by atoms with Crippen molar-refractivity contribution < 1.29 is 24.2 Å². The largest absolute Gasteiger partial charge is 0.481 e. The normalized spacial score (nSPS) is 14.2. The van der Waals surface area contributed by atoms with E-state index in [1.165, 1.54) is 0 Å². The predicted molar refractivity (Wildman–Crippen MR) is 126 cm³/mol. The Hall–Kier alpha value is -3.35. The fourth-order valence-electron chi connectivity index (χ4n) is 4.38. The van der Waals surface area contributed by atoms with Gasteiger partial charge >= 0.3 is 12.1 Å². The van der Waals surface area contributed by atoms with Crippen molar-refractivity contribution >= 4 is 18.0 Å². The maximum absolute atomic E-state index is 12.8. The molecule has 2 unspecified atom stereocenters. The molecule has 3 N–H and O–H groups in total. The van der Waals surface area contributed by atoms with E-state index < -0.39 is 30.1 Å². The van der Waals surface area contributed by atoms with E-state index in [0.717, 1.165) is 28.7 Å². The maximum Gasteiger partial charge on any atom is 0.407 e. The second-order valence-electron chi connectivity index (χ2n) is 8.78. The molecule has 3 rings (SSSR count). The number of carboxylic acid groups (broad SMARTS) is 1. The maximum atomic E-state index is 12.8. The summed E-state index contributed by atoms with van der Waals surface area (Å²) >= 11 is 0. The molecule has 1 aliphatic carbocycles. The number of alkyl carbamates (subject to hydrolysis) is 1. The average molecular weight is 453 g/mol. The van der Waals surface area contributed by atoms with E-state index in [9.17, 15) is 14.4 Å². The van der Waals surface area contributed by atoms with E-state index in [2.05, 4.69) is 22.8 Å². The summed E-state index contributed by atoms with van der Waals surface area (Å²) in [4.78, 5) is 36.5. The summed E-state index contributed by atoms with van der Waals surface area (Å²) in [7, 11) is 0. The van der Waals surface area contributed by atoms with Crippen LogP contribution in [0.15, 0.2) is 48.5 Å². The van der Waals surface area contributed by atoms with Crippen molar-refractivity contribution in [1.82, 2.24) is 10.6 Å². The minimum Gasteiger partial charge on any atom is -0.481 e. The van der Waals surface area contributed by atoms with Crippen molar-refractivity contribution in [2.24, 2.45) is 5.92 Å². The number of hydrogen-bond acceptors (Lipinski definition) is 4. The summed E-state index contributed by atoms with van der Waals surface area (Å²) in [6.07, 6.45) is 0.462. The lowest BCUT2D eigenvalue weighted by Crippen LogP contribution is -2.52. The number of ether oxygens (including phenoxy) is 1. The Kier molecular flexibility index (Phi) is 8.09. The quantitative estimate of drug-likeness (QED) is 0.498. The molecule has 0 spiro atoms. The van der Waals surface area contributed by atoms with Gasteiger partial charge in [0.25, 0.3) is 0 Å². The van der Waals surface area contributed by atoms with Gasteiger partial charge in [-0.15, -0.1) is 0 Å². The number of carboxylic acids is 1. The van der Waals surface area contributed by atoms with Gasteiger partial charge < -0.3 is 20.5 Å². The monoisotopic (exact) mass is 452 g/mol. The third-order valence-corrected chi connectivity index (χ3v) is 5.97. The molecule has 0 saturated heterocycles. The molecule has 2 aromatic rings. The summed E-state index contributed by atoms with van der Waals surface area (Å²) in [5, 5.41) is 14.5. The molecule has 176 valence electrons. The number of hydrogen-bond donors (Lipinski definition) is 3. The van der Waals surface area contributed by atoms with Crippen LogP contribution in [0.4, 0.5) is 4.79 Å². The number of fused-ring (bicyclic) bond motifs is 3. The van der Waals surface area contributed by atoms with Gasteiger partial charge in [-0.2, -0.15) is 0 Å². The predicted octanol–water partition coefficient (Wildman–Crippen LogP) is 4.31. The van der Waals surface area contributed by atoms with Gasteiger partial charge in [0, 0.05) is 12.0 Å². The molecule has 7 nitrogen and oxygen atoms in total. The van der Waals surface area contributed by atoms with Gasteiger partial charge in [0.1, 0.15) is 12.6 Å². The molecule has 2 atom stereocenters. The third-order valence-electron chi connectivity index (χ3n) is 5.97. The van der Waals surface area contributed by atoms with Gasteiger partial charge in [-0.05, 0) is 34.6 Å². The molecule has 0 heterocycles. The summed E-state index contributed by atoms with van der Waals surface area (Å²) in [6.45, 7) is 5.72. The number of amides is 2. The molecule has 2 amide bonds. The van der Waals surface area contributed by atoms with Crippen LogP contribution >= 0.6 is 0 Å². The number of aliphatic carboxylic acids is 1. The van der Waals surface area contributed by atoms with Crippen LogP contribution in [0.25, 0.3) is 11.1 Å². The average Bonchev–Trinajstić information content (AvgIpc) is 3.09. The first-order valence-corrected chi connectivity index (χ1v) is 11.5. The van der Waals surface area contributed by atoms with Gasteiger partial charge in [-0.25, -0.2) is 4.79 Å². The van der Waals surface area contributed by atoms with E-state index >= 15 is 0 Å². The molecule has 0 bridgehead atoms. The van der Waals surface area contributed by atoms with Crippen molar-refractivity contribution in [2.75, 3.05) is 6.61 Å². The van der Waals surface area contributed by atoms with Crippen molar-refractivity contribution in [1.29, 1.82) is 0 Å². The molecule has 33 heavy (non-hydrogen) atoms. The fourth-order valence-corrected chi connectivity index (χ4v) is 4.38. The van der Waals surface area contributed by atoms with Crippen molar-refractivity contribution in [3.63, 3.8) is 0 Å². The number of benzene rings is 2. The summed E-state index contributed by atoms with van der Waals surface area (Å²) < 4.78 is 5.56. The molecule has 0 radical (unpaired) electrons. The van der Waals surface area contributed by atoms with Crippen LogP contribution in [0.3, 0.4) is 0 Å². The Morgan fingerprint density at radius 2 is 1.55 bits per heavy atom. The van der Waals surface area contributed by atoms with Crippen LogP contribution in [0.1, 0.15) is 57.1 Å². The zero-order valence-corrected chi connectivity index (χ0v) is 19.3. The Labute approximate surface area is 194 Å². The number of nitrogens with one attached hydrogen (secondary N) is 2.